The van der Waals surface area contributed by atoms with Crippen molar-refractivity contribution in [3.05, 3.63) is 5.82 Å². The Hall–Kier alpha value is -1.17. The fraction of sp³-hybridized carbons (Fsp3) is 0.727. The number of anilines is 1. The van der Waals surface area contributed by atoms with E-state index in [1.165, 1.54) is 24.4 Å². The lowest BCUT2D eigenvalue weighted by Gasteiger charge is -2.09. The molecule has 5 nitrogen and oxygen atoms in total. The Bertz CT molecular complexity index is 390. The molecule has 1 saturated carbocycles. The van der Waals surface area contributed by atoms with Crippen molar-refractivity contribution in [3.63, 3.8) is 0 Å². The monoisotopic (exact) mass is 255 g/mol. The summed E-state index contributed by atoms with van der Waals surface area (Å²) in [5, 5.41) is 12.7. The molecule has 94 valence electrons. The first kappa shape index (κ1) is 12.3. The molecule has 0 amide bonds. The first-order valence-corrected chi connectivity index (χ1v) is 6.71. The van der Waals surface area contributed by atoms with E-state index in [-0.39, 0.29) is 6.42 Å². The van der Waals surface area contributed by atoms with E-state index in [0.717, 1.165) is 17.5 Å². The SMILES string of the molecule is CC(CCC(=O)O)CNc1nc(C2CC2)ns1. The van der Waals surface area contributed by atoms with Gasteiger partial charge in [0.25, 0.3) is 0 Å². The molecule has 0 radical (unpaired) electrons. The maximum absolute atomic E-state index is 10.4. The number of hydrogen-bond acceptors (Lipinski definition) is 5. The third-order valence-electron chi connectivity index (χ3n) is 2.84. The molecular formula is C11H17N3O2S. The summed E-state index contributed by atoms with van der Waals surface area (Å²) in [4.78, 5) is 14.8. The molecule has 1 fully saturated rings. The number of nitrogens with zero attached hydrogens (tertiary/aromatic N) is 2. The van der Waals surface area contributed by atoms with Gasteiger partial charge in [0, 0.05) is 30.4 Å². The number of rotatable bonds is 7. The zero-order valence-corrected chi connectivity index (χ0v) is 10.7. The molecule has 1 atom stereocenters. The van der Waals surface area contributed by atoms with E-state index in [1.807, 2.05) is 6.92 Å². The summed E-state index contributed by atoms with van der Waals surface area (Å²) in [5.41, 5.74) is 0. The van der Waals surface area contributed by atoms with Crippen LogP contribution in [0.3, 0.4) is 0 Å². The van der Waals surface area contributed by atoms with E-state index in [0.29, 0.717) is 18.3 Å². The fourth-order valence-corrected chi connectivity index (χ4v) is 2.20. The quantitative estimate of drug-likeness (QED) is 0.782. The van der Waals surface area contributed by atoms with E-state index in [1.54, 1.807) is 0 Å². The van der Waals surface area contributed by atoms with E-state index < -0.39 is 5.97 Å². The van der Waals surface area contributed by atoms with Crippen molar-refractivity contribution in [1.29, 1.82) is 0 Å². The number of aromatic nitrogens is 2. The molecule has 0 aliphatic heterocycles. The Labute approximate surface area is 104 Å². The first-order chi connectivity index (χ1) is 8.15. The van der Waals surface area contributed by atoms with E-state index >= 15 is 0 Å². The van der Waals surface area contributed by atoms with E-state index in [2.05, 4.69) is 14.7 Å². The average molecular weight is 255 g/mol. The lowest BCUT2D eigenvalue weighted by atomic mass is 10.1. The molecule has 0 bridgehead atoms. The number of carbonyl (C=O) groups is 1. The second-order valence-corrected chi connectivity index (χ2v) is 5.40. The van der Waals surface area contributed by atoms with Gasteiger partial charge in [-0.05, 0) is 25.2 Å². The van der Waals surface area contributed by atoms with Gasteiger partial charge in [-0.2, -0.15) is 4.37 Å². The van der Waals surface area contributed by atoms with Crippen LogP contribution in [0.1, 0.15) is 44.3 Å². The van der Waals surface area contributed by atoms with Gasteiger partial charge in [0.05, 0.1) is 0 Å². The molecule has 2 rings (SSSR count). The zero-order chi connectivity index (χ0) is 12.3. The van der Waals surface area contributed by atoms with Gasteiger partial charge in [0.1, 0.15) is 5.82 Å². The van der Waals surface area contributed by atoms with Gasteiger partial charge in [-0.25, -0.2) is 4.98 Å². The highest BCUT2D eigenvalue weighted by atomic mass is 32.1. The van der Waals surface area contributed by atoms with Crippen molar-refractivity contribution < 1.29 is 9.90 Å². The maximum Gasteiger partial charge on any atom is 0.303 e. The standard InChI is InChI=1S/C11H17N3O2S/c1-7(2-5-9(15)16)6-12-11-13-10(14-17-11)8-3-4-8/h7-8H,2-6H2,1H3,(H,15,16)(H,12,13,14). The number of hydrogen-bond donors (Lipinski definition) is 2. The number of aliphatic carboxylic acids is 1. The van der Waals surface area contributed by atoms with Crippen molar-refractivity contribution in [1.82, 2.24) is 9.36 Å². The minimum Gasteiger partial charge on any atom is -0.481 e. The highest BCUT2D eigenvalue weighted by molar-refractivity contribution is 7.09. The molecule has 1 aromatic heterocycles. The number of carboxylic acid groups (broad SMARTS) is 1. The van der Waals surface area contributed by atoms with E-state index in [4.69, 9.17) is 5.11 Å². The van der Waals surface area contributed by atoms with Crippen LogP contribution in [0.5, 0.6) is 0 Å². The summed E-state index contributed by atoms with van der Waals surface area (Å²) in [6.45, 7) is 2.80. The third-order valence-corrected chi connectivity index (χ3v) is 3.52. The minimum atomic E-state index is -0.733. The molecule has 1 aliphatic carbocycles. The first-order valence-electron chi connectivity index (χ1n) is 5.94. The zero-order valence-electron chi connectivity index (χ0n) is 9.85. The van der Waals surface area contributed by atoms with Crippen molar-refractivity contribution in [2.75, 3.05) is 11.9 Å². The highest BCUT2D eigenvalue weighted by Gasteiger charge is 2.27. The largest absolute Gasteiger partial charge is 0.481 e. The molecule has 1 aromatic rings. The number of carboxylic acids is 1. The summed E-state index contributed by atoms with van der Waals surface area (Å²) in [6, 6.07) is 0. The van der Waals surface area contributed by atoms with Gasteiger partial charge in [-0.3, -0.25) is 4.79 Å². The Kier molecular flexibility index (Phi) is 3.93. The molecule has 0 spiro atoms. The maximum atomic E-state index is 10.4. The Morgan fingerprint density at radius 3 is 3.06 bits per heavy atom. The van der Waals surface area contributed by atoms with Crippen LogP contribution < -0.4 is 5.32 Å². The van der Waals surface area contributed by atoms with Gasteiger partial charge in [0.2, 0.25) is 5.13 Å². The molecule has 0 saturated heterocycles. The van der Waals surface area contributed by atoms with Crippen LogP contribution in [0.15, 0.2) is 0 Å². The van der Waals surface area contributed by atoms with Crippen molar-refractivity contribution in [3.8, 4) is 0 Å². The summed E-state index contributed by atoms with van der Waals surface area (Å²) in [5.74, 6) is 1.16. The topological polar surface area (TPSA) is 75.1 Å². The van der Waals surface area contributed by atoms with Gasteiger partial charge >= 0.3 is 5.97 Å². The van der Waals surface area contributed by atoms with Gasteiger partial charge in [0.15, 0.2) is 0 Å². The average Bonchev–Trinajstić information content (AvgIpc) is 3.04. The van der Waals surface area contributed by atoms with Crippen LogP contribution in [0, 0.1) is 5.92 Å². The van der Waals surface area contributed by atoms with Crippen LogP contribution in [0.25, 0.3) is 0 Å². The second kappa shape index (κ2) is 5.44. The lowest BCUT2D eigenvalue weighted by molar-refractivity contribution is -0.137. The number of nitrogens with one attached hydrogen (secondary N) is 1. The summed E-state index contributed by atoms with van der Waals surface area (Å²) >= 11 is 1.40. The van der Waals surface area contributed by atoms with Gasteiger partial charge in [-0.15, -0.1) is 0 Å². The molecular weight excluding hydrogens is 238 g/mol. The van der Waals surface area contributed by atoms with Crippen molar-refractivity contribution in [2.45, 2.75) is 38.5 Å². The highest BCUT2D eigenvalue weighted by Crippen LogP contribution is 2.39. The third kappa shape index (κ3) is 3.96. The predicted molar refractivity (Wildman–Crippen MR) is 66.4 cm³/mol. The van der Waals surface area contributed by atoms with Crippen LogP contribution >= 0.6 is 11.5 Å². The van der Waals surface area contributed by atoms with Crippen LogP contribution in [0.2, 0.25) is 0 Å². The Balaban J connectivity index is 1.70. The predicted octanol–water partition coefficient (Wildman–Crippen LogP) is 2.33. The normalized spacial score (nSPS) is 16.8. The Morgan fingerprint density at radius 2 is 2.41 bits per heavy atom. The molecule has 1 aliphatic rings. The molecule has 17 heavy (non-hydrogen) atoms. The van der Waals surface area contributed by atoms with Crippen LogP contribution in [-0.4, -0.2) is 27.0 Å². The summed E-state index contributed by atoms with van der Waals surface area (Å²) in [7, 11) is 0. The van der Waals surface area contributed by atoms with E-state index in [9.17, 15) is 4.79 Å². The summed E-state index contributed by atoms with van der Waals surface area (Å²) in [6.07, 6.45) is 3.35. The smallest absolute Gasteiger partial charge is 0.303 e. The van der Waals surface area contributed by atoms with Crippen LogP contribution in [0.4, 0.5) is 5.13 Å². The van der Waals surface area contributed by atoms with Gasteiger partial charge in [-0.1, -0.05) is 6.92 Å². The molecule has 1 unspecified atom stereocenters. The van der Waals surface area contributed by atoms with Crippen LogP contribution in [-0.2, 0) is 4.79 Å². The fourth-order valence-electron chi connectivity index (χ4n) is 1.55. The minimum absolute atomic E-state index is 0.228. The second-order valence-electron chi connectivity index (χ2n) is 4.65. The molecule has 2 N–H and O–H groups in total. The van der Waals surface area contributed by atoms with Gasteiger partial charge < -0.3 is 10.4 Å². The van der Waals surface area contributed by atoms with Crippen molar-refractivity contribution in [2.24, 2.45) is 5.92 Å². The van der Waals surface area contributed by atoms with Crippen molar-refractivity contribution >= 4 is 22.6 Å². The lowest BCUT2D eigenvalue weighted by Crippen LogP contribution is -2.12. The molecule has 6 heteroatoms. The summed E-state index contributed by atoms with van der Waals surface area (Å²) < 4.78 is 4.30. The molecule has 0 aromatic carbocycles. The molecule has 1 heterocycles. The Morgan fingerprint density at radius 1 is 1.65 bits per heavy atom.